The summed E-state index contributed by atoms with van der Waals surface area (Å²) in [6, 6.07) is 0. The summed E-state index contributed by atoms with van der Waals surface area (Å²) < 4.78 is 16.8. The van der Waals surface area contributed by atoms with E-state index in [9.17, 15) is 14.4 Å². The van der Waals surface area contributed by atoms with E-state index < -0.39 is 6.10 Å². The Kier molecular flexibility index (Phi) is 48.4. The minimum atomic E-state index is -0.790. The first-order valence-corrected chi connectivity index (χ1v) is 26.3. The number of carbonyl (C=O) groups excluding carboxylic acids is 3. The Morgan fingerprint density at radius 1 is 0.323 bits per heavy atom. The van der Waals surface area contributed by atoms with Crippen molar-refractivity contribution in [1.29, 1.82) is 0 Å². The van der Waals surface area contributed by atoms with Crippen LogP contribution in [0.2, 0.25) is 0 Å². The predicted molar refractivity (Wildman–Crippen MR) is 265 cm³/mol. The van der Waals surface area contributed by atoms with Gasteiger partial charge in [0.15, 0.2) is 6.10 Å². The first kappa shape index (κ1) is 59.1. The molecule has 0 bridgehead atoms. The van der Waals surface area contributed by atoms with Gasteiger partial charge in [0.25, 0.3) is 0 Å². The van der Waals surface area contributed by atoms with Crippen LogP contribution in [0, 0.1) is 0 Å². The van der Waals surface area contributed by atoms with Crippen molar-refractivity contribution in [3.63, 3.8) is 0 Å². The van der Waals surface area contributed by atoms with Gasteiger partial charge in [0.05, 0.1) is 0 Å². The Morgan fingerprint density at radius 2 is 0.597 bits per heavy atom. The largest absolute Gasteiger partial charge is 0.462 e. The Labute approximate surface area is 383 Å². The zero-order valence-electron chi connectivity index (χ0n) is 40.9. The van der Waals surface area contributed by atoms with Gasteiger partial charge in [0.1, 0.15) is 13.2 Å². The van der Waals surface area contributed by atoms with E-state index in [-0.39, 0.29) is 31.1 Å². The fourth-order valence-electron chi connectivity index (χ4n) is 7.19. The highest BCUT2D eigenvalue weighted by molar-refractivity contribution is 5.71. The maximum atomic E-state index is 12.8. The highest BCUT2D eigenvalue weighted by atomic mass is 16.6. The number of unbranched alkanes of at least 4 members (excludes halogenated alkanes) is 26. The van der Waals surface area contributed by atoms with E-state index in [2.05, 4.69) is 81.5 Å². The molecule has 62 heavy (non-hydrogen) atoms. The van der Waals surface area contributed by atoms with Gasteiger partial charge >= 0.3 is 17.9 Å². The molecule has 0 N–H and O–H groups in total. The summed E-state index contributed by atoms with van der Waals surface area (Å²) in [5, 5.41) is 0. The Bertz CT molecular complexity index is 1130. The SMILES string of the molecule is CCCC/C=C\CCCCCCCC(=O)OC[C@H](COC(=O)CCCCCC/C=C\C/C=C\C/C=C\CCCCC)OC(=O)CCCCCCC/C=C\CCCCCCCCC. The normalized spacial score (nSPS) is 12.5. The molecule has 0 heterocycles. The molecule has 0 saturated carbocycles. The predicted octanol–water partition coefficient (Wildman–Crippen LogP) is 17.3. The molecule has 0 radical (unpaired) electrons. The number of carbonyl (C=O) groups is 3. The molecule has 0 aliphatic heterocycles. The Morgan fingerprint density at radius 3 is 1.00 bits per heavy atom. The average Bonchev–Trinajstić information content (AvgIpc) is 3.27. The van der Waals surface area contributed by atoms with Crippen LogP contribution in [0.15, 0.2) is 60.8 Å². The molecule has 0 aliphatic carbocycles. The van der Waals surface area contributed by atoms with Crippen LogP contribution in [-0.2, 0) is 28.6 Å². The van der Waals surface area contributed by atoms with Crippen molar-refractivity contribution in [2.24, 2.45) is 0 Å². The molecule has 6 heteroatoms. The minimum Gasteiger partial charge on any atom is -0.462 e. The van der Waals surface area contributed by atoms with Crippen molar-refractivity contribution in [2.45, 2.75) is 264 Å². The summed E-state index contributed by atoms with van der Waals surface area (Å²) in [7, 11) is 0. The minimum absolute atomic E-state index is 0.0891. The molecule has 0 amide bonds. The van der Waals surface area contributed by atoms with E-state index in [0.717, 1.165) is 103 Å². The van der Waals surface area contributed by atoms with Gasteiger partial charge in [-0.3, -0.25) is 14.4 Å². The van der Waals surface area contributed by atoms with Gasteiger partial charge in [-0.25, -0.2) is 0 Å². The van der Waals surface area contributed by atoms with Crippen molar-refractivity contribution in [2.75, 3.05) is 13.2 Å². The molecule has 0 spiro atoms. The maximum absolute atomic E-state index is 12.8. The lowest BCUT2D eigenvalue weighted by molar-refractivity contribution is -0.167. The molecular formula is C56H98O6. The third-order valence-corrected chi connectivity index (χ3v) is 11.2. The molecule has 0 unspecified atom stereocenters. The molecule has 0 rings (SSSR count). The van der Waals surface area contributed by atoms with Crippen LogP contribution >= 0.6 is 0 Å². The van der Waals surface area contributed by atoms with Crippen LogP contribution < -0.4 is 0 Å². The molecule has 358 valence electrons. The highest BCUT2D eigenvalue weighted by Gasteiger charge is 2.19. The second-order valence-electron chi connectivity index (χ2n) is 17.4. The maximum Gasteiger partial charge on any atom is 0.306 e. The first-order valence-electron chi connectivity index (χ1n) is 26.3. The first-order chi connectivity index (χ1) is 30.5. The van der Waals surface area contributed by atoms with E-state index in [1.807, 2.05) is 0 Å². The van der Waals surface area contributed by atoms with Gasteiger partial charge in [-0.1, -0.05) is 197 Å². The molecule has 0 aliphatic rings. The van der Waals surface area contributed by atoms with Crippen molar-refractivity contribution in [3.8, 4) is 0 Å². The van der Waals surface area contributed by atoms with E-state index in [0.29, 0.717) is 19.3 Å². The fourth-order valence-corrected chi connectivity index (χ4v) is 7.19. The van der Waals surface area contributed by atoms with Crippen LogP contribution in [-0.4, -0.2) is 37.2 Å². The molecule has 0 aromatic rings. The lowest BCUT2D eigenvalue weighted by Crippen LogP contribution is -2.30. The van der Waals surface area contributed by atoms with E-state index >= 15 is 0 Å². The van der Waals surface area contributed by atoms with Crippen LogP contribution in [0.3, 0.4) is 0 Å². The molecule has 1 atom stereocenters. The average molecular weight is 867 g/mol. The van der Waals surface area contributed by atoms with Crippen molar-refractivity contribution in [1.82, 2.24) is 0 Å². The number of hydrogen-bond acceptors (Lipinski definition) is 6. The Hall–Kier alpha value is -2.89. The number of rotatable bonds is 47. The van der Waals surface area contributed by atoms with Gasteiger partial charge < -0.3 is 14.2 Å². The summed E-state index contributed by atoms with van der Waals surface area (Å²) in [4.78, 5) is 38.0. The van der Waals surface area contributed by atoms with Crippen LogP contribution in [0.25, 0.3) is 0 Å². The molecule has 0 saturated heterocycles. The van der Waals surface area contributed by atoms with E-state index in [1.54, 1.807) is 0 Å². The quantitative estimate of drug-likeness (QED) is 0.0262. The smallest absolute Gasteiger partial charge is 0.306 e. The van der Waals surface area contributed by atoms with Crippen molar-refractivity contribution in [3.05, 3.63) is 60.8 Å². The number of esters is 3. The van der Waals surface area contributed by atoms with Gasteiger partial charge in [-0.2, -0.15) is 0 Å². The summed E-state index contributed by atoms with van der Waals surface area (Å²) in [5.41, 5.74) is 0. The number of ether oxygens (including phenoxy) is 3. The standard InChI is InChI=1S/C56H98O6/c1-4-7-10-13-16-19-22-24-26-28-30-31-34-37-40-43-46-49-55(58)61-52-53(51-60-54(57)48-45-42-39-36-33-21-18-15-12-9-6-3)62-56(59)50-47-44-41-38-35-32-29-27-25-23-20-17-14-11-8-5-2/h15-16,18-19,24,26-27,29-31,53H,4-14,17,20-23,25,28,32-52H2,1-3H3/b18-15-,19-16-,26-24-,29-27-,31-30-/t53-/m1/s1. The fraction of sp³-hybridized carbons (Fsp3) is 0.768. The molecule has 6 nitrogen and oxygen atoms in total. The van der Waals surface area contributed by atoms with Gasteiger partial charge in [0, 0.05) is 19.3 Å². The third kappa shape index (κ3) is 48.1. The summed E-state index contributed by atoms with van der Waals surface area (Å²) in [6.45, 7) is 6.54. The molecule has 0 aromatic carbocycles. The van der Waals surface area contributed by atoms with Crippen molar-refractivity contribution < 1.29 is 28.6 Å². The van der Waals surface area contributed by atoms with E-state index in [1.165, 1.54) is 116 Å². The lowest BCUT2D eigenvalue weighted by Gasteiger charge is -2.18. The third-order valence-electron chi connectivity index (χ3n) is 11.2. The topological polar surface area (TPSA) is 78.9 Å². The van der Waals surface area contributed by atoms with Gasteiger partial charge in [0.2, 0.25) is 0 Å². The van der Waals surface area contributed by atoms with Gasteiger partial charge in [-0.05, 0) is 103 Å². The zero-order valence-corrected chi connectivity index (χ0v) is 40.9. The Balaban J connectivity index is 4.42. The zero-order chi connectivity index (χ0) is 45.1. The molecule has 0 aromatic heterocycles. The highest BCUT2D eigenvalue weighted by Crippen LogP contribution is 2.14. The van der Waals surface area contributed by atoms with Crippen molar-refractivity contribution >= 4 is 17.9 Å². The number of hydrogen-bond donors (Lipinski definition) is 0. The summed E-state index contributed by atoms with van der Waals surface area (Å²) >= 11 is 0. The summed E-state index contributed by atoms with van der Waals surface area (Å²) in [5.74, 6) is -0.925. The van der Waals surface area contributed by atoms with Crippen LogP contribution in [0.4, 0.5) is 0 Å². The van der Waals surface area contributed by atoms with Gasteiger partial charge in [-0.15, -0.1) is 0 Å². The summed E-state index contributed by atoms with van der Waals surface area (Å²) in [6.07, 6.45) is 62.0. The number of allylic oxidation sites excluding steroid dienone is 10. The monoisotopic (exact) mass is 867 g/mol. The van der Waals surface area contributed by atoms with Crippen LogP contribution in [0.5, 0.6) is 0 Å². The molecule has 0 fully saturated rings. The van der Waals surface area contributed by atoms with E-state index in [4.69, 9.17) is 14.2 Å². The lowest BCUT2D eigenvalue weighted by atomic mass is 10.1. The van der Waals surface area contributed by atoms with Crippen LogP contribution in [0.1, 0.15) is 258 Å². The second kappa shape index (κ2) is 50.8. The molecular weight excluding hydrogens is 769 g/mol. The second-order valence-corrected chi connectivity index (χ2v) is 17.4.